The first kappa shape index (κ1) is 13.8. The third-order valence-electron chi connectivity index (χ3n) is 3.17. The summed E-state index contributed by atoms with van der Waals surface area (Å²) in [4.78, 5) is 14.0. The van der Waals surface area contributed by atoms with Crippen LogP contribution in [0, 0.1) is 13.8 Å². The highest BCUT2D eigenvalue weighted by Gasteiger charge is 2.10. The van der Waals surface area contributed by atoms with Crippen LogP contribution >= 0.6 is 11.3 Å². The third kappa shape index (κ3) is 3.22. The predicted molar refractivity (Wildman–Crippen MR) is 79.3 cm³/mol. The van der Waals surface area contributed by atoms with Gasteiger partial charge in [-0.25, -0.2) is 0 Å². The van der Waals surface area contributed by atoms with E-state index in [0.717, 1.165) is 21.6 Å². The van der Waals surface area contributed by atoms with Crippen molar-refractivity contribution in [1.82, 2.24) is 5.32 Å². The van der Waals surface area contributed by atoms with Gasteiger partial charge in [0.25, 0.3) is 5.91 Å². The van der Waals surface area contributed by atoms with Gasteiger partial charge in [-0.15, -0.1) is 11.3 Å². The number of hydrogen-bond donors (Lipinski definition) is 2. The number of carbonyl (C=O) groups is 1. The fraction of sp³-hybridized carbons (Fsp3) is 0.267. The van der Waals surface area contributed by atoms with E-state index in [1.54, 1.807) is 0 Å². The van der Waals surface area contributed by atoms with Crippen molar-refractivity contribution in [2.75, 3.05) is 0 Å². The van der Waals surface area contributed by atoms with E-state index in [0.29, 0.717) is 13.1 Å². The van der Waals surface area contributed by atoms with Crippen LogP contribution in [0.2, 0.25) is 0 Å². The van der Waals surface area contributed by atoms with Gasteiger partial charge in [-0.1, -0.05) is 24.3 Å². The highest BCUT2D eigenvalue weighted by molar-refractivity contribution is 7.14. The lowest BCUT2D eigenvalue weighted by Crippen LogP contribution is -2.22. The number of hydrogen-bond acceptors (Lipinski definition) is 3. The molecule has 0 spiro atoms. The number of aryl methyl sites for hydroxylation is 2. The van der Waals surface area contributed by atoms with Gasteiger partial charge >= 0.3 is 0 Å². The van der Waals surface area contributed by atoms with Gasteiger partial charge in [0.05, 0.1) is 4.88 Å². The molecule has 4 heteroatoms. The first-order valence-electron chi connectivity index (χ1n) is 6.24. The van der Waals surface area contributed by atoms with E-state index < -0.39 is 0 Å². The van der Waals surface area contributed by atoms with Gasteiger partial charge in [0.1, 0.15) is 0 Å². The summed E-state index contributed by atoms with van der Waals surface area (Å²) in [5.41, 5.74) is 8.99. The van der Waals surface area contributed by atoms with Crippen molar-refractivity contribution in [3.8, 4) is 0 Å². The van der Waals surface area contributed by atoms with E-state index in [4.69, 9.17) is 5.73 Å². The zero-order valence-electron chi connectivity index (χ0n) is 11.2. The van der Waals surface area contributed by atoms with Crippen molar-refractivity contribution in [2.24, 2.45) is 5.73 Å². The Hall–Kier alpha value is -1.65. The maximum Gasteiger partial charge on any atom is 0.261 e. The molecule has 0 unspecified atom stereocenters. The monoisotopic (exact) mass is 274 g/mol. The lowest BCUT2D eigenvalue weighted by atomic mass is 10.1. The number of nitrogens with one attached hydrogen (secondary N) is 1. The molecule has 1 heterocycles. The van der Waals surface area contributed by atoms with Crippen LogP contribution < -0.4 is 11.1 Å². The summed E-state index contributed by atoms with van der Waals surface area (Å²) in [5.74, 6) is -0.0203. The molecular formula is C15H18N2OS. The maximum atomic E-state index is 12.1. The van der Waals surface area contributed by atoms with Crippen LogP contribution in [0.25, 0.3) is 0 Å². The third-order valence-corrected chi connectivity index (χ3v) is 4.32. The van der Waals surface area contributed by atoms with Gasteiger partial charge in [0, 0.05) is 18.0 Å². The van der Waals surface area contributed by atoms with Gasteiger partial charge in [-0.05, 0) is 36.6 Å². The lowest BCUT2D eigenvalue weighted by molar-refractivity contribution is 0.0955. The molecule has 1 amide bonds. The summed E-state index contributed by atoms with van der Waals surface area (Å²) < 4.78 is 0. The standard InChI is InChI=1S/C15H18N2OS/c1-10-7-14(19-11(10)2)15(18)17-9-13-6-4-3-5-12(13)8-16/h3-7H,8-9,16H2,1-2H3,(H,17,18). The van der Waals surface area contributed by atoms with Crippen LogP contribution in [0.15, 0.2) is 30.3 Å². The van der Waals surface area contributed by atoms with Crippen molar-refractivity contribution in [3.05, 3.63) is 56.8 Å². The van der Waals surface area contributed by atoms with Crippen molar-refractivity contribution in [3.63, 3.8) is 0 Å². The molecule has 0 saturated heterocycles. The number of amides is 1. The molecule has 0 saturated carbocycles. The summed E-state index contributed by atoms with van der Waals surface area (Å²) in [6, 6.07) is 9.83. The van der Waals surface area contributed by atoms with E-state index in [9.17, 15) is 4.79 Å². The molecule has 3 N–H and O–H groups in total. The zero-order chi connectivity index (χ0) is 13.8. The average Bonchev–Trinajstić information content (AvgIpc) is 2.76. The summed E-state index contributed by atoms with van der Waals surface area (Å²) in [6.45, 7) is 5.05. The quantitative estimate of drug-likeness (QED) is 0.900. The molecule has 2 aromatic rings. The second-order valence-electron chi connectivity index (χ2n) is 4.51. The van der Waals surface area contributed by atoms with E-state index in [-0.39, 0.29) is 5.91 Å². The Morgan fingerprint density at radius 1 is 1.26 bits per heavy atom. The SMILES string of the molecule is Cc1cc(C(=O)NCc2ccccc2CN)sc1C. The van der Waals surface area contributed by atoms with E-state index in [2.05, 4.69) is 5.32 Å². The number of thiophene rings is 1. The van der Waals surface area contributed by atoms with Crippen LogP contribution in [-0.2, 0) is 13.1 Å². The molecular weight excluding hydrogens is 256 g/mol. The smallest absolute Gasteiger partial charge is 0.261 e. The fourth-order valence-corrected chi connectivity index (χ4v) is 2.83. The number of benzene rings is 1. The minimum atomic E-state index is -0.0203. The molecule has 1 aromatic heterocycles. The van der Waals surface area contributed by atoms with E-state index in [1.165, 1.54) is 16.2 Å². The molecule has 0 bridgehead atoms. The second kappa shape index (κ2) is 5.99. The van der Waals surface area contributed by atoms with Crippen LogP contribution in [0.1, 0.15) is 31.2 Å². The second-order valence-corrected chi connectivity index (χ2v) is 5.76. The Morgan fingerprint density at radius 3 is 2.53 bits per heavy atom. The van der Waals surface area contributed by atoms with Crippen molar-refractivity contribution in [1.29, 1.82) is 0 Å². The molecule has 0 aliphatic rings. The summed E-state index contributed by atoms with van der Waals surface area (Å²) in [7, 11) is 0. The van der Waals surface area contributed by atoms with Gasteiger partial charge < -0.3 is 11.1 Å². The van der Waals surface area contributed by atoms with Crippen molar-refractivity contribution < 1.29 is 4.79 Å². The fourth-order valence-electron chi connectivity index (χ4n) is 1.88. The van der Waals surface area contributed by atoms with Crippen LogP contribution in [-0.4, -0.2) is 5.91 Å². The Balaban J connectivity index is 2.04. The maximum absolute atomic E-state index is 12.1. The topological polar surface area (TPSA) is 55.1 Å². The summed E-state index contributed by atoms with van der Waals surface area (Å²) in [6.07, 6.45) is 0. The highest BCUT2D eigenvalue weighted by Crippen LogP contribution is 2.20. The number of carbonyl (C=O) groups excluding carboxylic acids is 1. The van der Waals surface area contributed by atoms with Crippen molar-refractivity contribution in [2.45, 2.75) is 26.9 Å². The Morgan fingerprint density at radius 2 is 1.95 bits per heavy atom. The Bertz CT molecular complexity index is 570. The predicted octanol–water partition coefficient (Wildman–Crippen LogP) is 2.75. The molecule has 0 radical (unpaired) electrons. The largest absolute Gasteiger partial charge is 0.347 e. The Kier molecular flexibility index (Phi) is 4.35. The first-order chi connectivity index (χ1) is 9.11. The highest BCUT2D eigenvalue weighted by atomic mass is 32.1. The molecule has 100 valence electrons. The average molecular weight is 274 g/mol. The first-order valence-corrected chi connectivity index (χ1v) is 7.05. The lowest BCUT2D eigenvalue weighted by Gasteiger charge is -2.08. The molecule has 0 aliphatic heterocycles. The van der Waals surface area contributed by atoms with Gasteiger partial charge in [-0.3, -0.25) is 4.79 Å². The molecule has 0 aliphatic carbocycles. The van der Waals surface area contributed by atoms with E-state index >= 15 is 0 Å². The minimum Gasteiger partial charge on any atom is -0.347 e. The molecule has 1 aromatic carbocycles. The van der Waals surface area contributed by atoms with Crippen LogP contribution in [0.4, 0.5) is 0 Å². The normalized spacial score (nSPS) is 10.5. The molecule has 0 fully saturated rings. The minimum absolute atomic E-state index is 0.0203. The Labute approximate surface area is 117 Å². The molecule has 3 nitrogen and oxygen atoms in total. The van der Waals surface area contributed by atoms with Crippen LogP contribution in [0.5, 0.6) is 0 Å². The molecule has 0 atom stereocenters. The van der Waals surface area contributed by atoms with Crippen LogP contribution in [0.3, 0.4) is 0 Å². The number of rotatable bonds is 4. The summed E-state index contributed by atoms with van der Waals surface area (Å²) >= 11 is 1.53. The van der Waals surface area contributed by atoms with Gasteiger partial charge in [-0.2, -0.15) is 0 Å². The molecule has 19 heavy (non-hydrogen) atoms. The van der Waals surface area contributed by atoms with Gasteiger partial charge in [0.15, 0.2) is 0 Å². The summed E-state index contributed by atoms with van der Waals surface area (Å²) in [5, 5.41) is 2.95. The zero-order valence-corrected chi connectivity index (χ0v) is 12.0. The molecule has 2 rings (SSSR count). The number of nitrogens with two attached hydrogens (primary N) is 1. The van der Waals surface area contributed by atoms with E-state index in [1.807, 2.05) is 44.2 Å². The van der Waals surface area contributed by atoms with Gasteiger partial charge in [0.2, 0.25) is 0 Å². The van der Waals surface area contributed by atoms with Crippen molar-refractivity contribution >= 4 is 17.2 Å².